The third-order valence-corrected chi connectivity index (χ3v) is 4.46. The summed E-state index contributed by atoms with van der Waals surface area (Å²) in [5.41, 5.74) is 2.21. The van der Waals surface area contributed by atoms with Crippen molar-refractivity contribution in [2.75, 3.05) is 7.05 Å². The number of carboxylic acids is 1. The molecule has 1 saturated carbocycles. The average Bonchev–Trinajstić information content (AvgIpc) is 2.47. The summed E-state index contributed by atoms with van der Waals surface area (Å²) < 4.78 is 0. The summed E-state index contributed by atoms with van der Waals surface area (Å²) >= 11 is 0. The number of carbonyl (C=O) groups is 1. The highest BCUT2D eigenvalue weighted by Crippen LogP contribution is 2.28. The topological polar surface area (TPSA) is 40.5 Å². The van der Waals surface area contributed by atoms with Crippen LogP contribution in [0.2, 0.25) is 0 Å². The molecule has 1 fully saturated rings. The molecule has 2 atom stereocenters. The highest BCUT2D eigenvalue weighted by atomic mass is 16.4. The first-order valence-electron chi connectivity index (χ1n) is 7.76. The highest BCUT2D eigenvalue weighted by molar-refractivity contribution is 5.85. The molecular weight excluding hydrogens is 262 g/mol. The molecule has 1 aromatic carbocycles. The molecule has 114 valence electrons. The Balaban J connectivity index is 1.94. The van der Waals surface area contributed by atoms with Gasteiger partial charge in [-0.15, -0.1) is 0 Å². The van der Waals surface area contributed by atoms with E-state index < -0.39 is 5.97 Å². The summed E-state index contributed by atoms with van der Waals surface area (Å²) in [4.78, 5) is 13.0. The van der Waals surface area contributed by atoms with Crippen LogP contribution in [0.3, 0.4) is 0 Å². The monoisotopic (exact) mass is 287 g/mol. The molecule has 0 amide bonds. The number of carboxylic acid groups (broad SMARTS) is 1. The molecule has 1 aromatic rings. The fraction of sp³-hybridized carbons (Fsp3) is 0.500. The lowest BCUT2D eigenvalue weighted by Gasteiger charge is -2.36. The van der Waals surface area contributed by atoms with Gasteiger partial charge in [-0.3, -0.25) is 4.90 Å². The fourth-order valence-corrected chi connectivity index (χ4v) is 3.26. The molecule has 1 N–H and O–H groups in total. The van der Waals surface area contributed by atoms with Crippen molar-refractivity contribution in [3.05, 3.63) is 41.5 Å². The van der Waals surface area contributed by atoms with Crippen LogP contribution in [0.4, 0.5) is 0 Å². The van der Waals surface area contributed by atoms with Gasteiger partial charge in [-0.05, 0) is 43.0 Å². The Morgan fingerprint density at radius 3 is 2.57 bits per heavy atom. The van der Waals surface area contributed by atoms with Crippen LogP contribution in [0.15, 0.2) is 30.3 Å². The van der Waals surface area contributed by atoms with E-state index in [9.17, 15) is 4.79 Å². The summed E-state index contributed by atoms with van der Waals surface area (Å²) in [5.74, 6) is -0.133. The minimum absolute atomic E-state index is 0.685. The van der Waals surface area contributed by atoms with Gasteiger partial charge >= 0.3 is 5.97 Å². The Morgan fingerprint density at radius 2 is 1.95 bits per heavy atom. The molecule has 1 aliphatic rings. The van der Waals surface area contributed by atoms with Crippen LogP contribution >= 0.6 is 0 Å². The lowest BCUT2D eigenvalue weighted by molar-refractivity contribution is -0.131. The van der Waals surface area contributed by atoms with Crippen LogP contribution in [-0.4, -0.2) is 29.1 Å². The first-order valence-corrected chi connectivity index (χ1v) is 7.76. The molecule has 0 heterocycles. The van der Waals surface area contributed by atoms with Crippen LogP contribution in [0.25, 0.3) is 6.08 Å². The molecule has 0 saturated heterocycles. The zero-order valence-electron chi connectivity index (χ0n) is 13.0. The van der Waals surface area contributed by atoms with E-state index in [-0.39, 0.29) is 0 Å². The molecular formula is C18H25NO2. The molecule has 0 bridgehead atoms. The second-order valence-corrected chi connectivity index (χ2v) is 6.16. The average molecular weight is 287 g/mol. The Hall–Kier alpha value is -1.61. The van der Waals surface area contributed by atoms with Gasteiger partial charge in [-0.25, -0.2) is 4.79 Å². The third-order valence-electron chi connectivity index (χ3n) is 4.46. The Morgan fingerprint density at radius 1 is 1.29 bits per heavy atom. The SMILES string of the molecule is CC1CCCCC1N(C)Cc1ccc(C=CC(=O)O)cc1. The van der Waals surface area contributed by atoms with Gasteiger partial charge in [0, 0.05) is 18.7 Å². The van der Waals surface area contributed by atoms with Gasteiger partial charge < -0.3 is 5.11 Å². The van der Waals surface area contributed by atoms with Crippen LogP contribution < -0.4 is 0 Å². The highest BCUT2D eigenvalue weighted by Gasteiger charge is 2.24. The summed E-state index contributed by atoms with van der Waals surface area (Å²) in [6.07, 6.45) is 8.16. The first kappa shape index (κ1) is 15.8. The zero-order chi connectivity index (χ0) is 15.2. The van der Waals surface area contributed by atoms with Gasteiger partial charge in [-0.2, -0.15) is 0 Å². The van der Waals surface area contributed by atoms with Crippen molar-refractivity contribution < 1.29 is 9.90 Å². The third kappa shape index (κ3) is 4.71. The van der Waals surface area contributed by atoms with E-state index in [4.69, 9.17) is 5.11 Å². The minimum atomic E-state index is -0.912. The van der Waals surface area contributed by atoms with Crippen LogP contribution in [0, 0.1) is 5.92 Å². The van der Waals surface area contributed by atoms with Gasteiger partial charge in [0.05, 0.1) is 0 Å². The van der Waals surface area contributed by atoms with Crippen LogP contribution in [0.1, 0.15) is 43.7 Å². The summed E-state index contributed by atoms with van der Waals surface area (Å²) in [6, 6.07) is 8.82. The smallest absolute Gasteiger partial charge is 0.328 e. The second-order valence-electron chi connectivity index (χ2n) is 6.16. The van der Waals surface area contributed by atoms with Crippen molar-refractivity contribution in [1.29, 1.82) is 0 Å². The molecule has 0 radical (unpaired) electrons. The molecule has 0 aliphatic heterocycles. The maximum Gasteiger partial charge on any atom is 0.328 e. The predicted octanol–water partition coefficient (Wildman–Crippen LogP) is 3.79. The van der Waals surface area contributed by atoms with Crippen molar-refractivity contribution >= 4 is 12.0 Å². The van der Waals surface area contributed by atoms with Gasteiger partial charge in [0.2, 0.25) is 0 Å². The van der Waals surface area contributed by atoms with Crippen LogP contribution in [0.5, 0.6) is 0 Å². The number of nitrogens with zero attached hydrogens (tertiary/aromatic N) is 1. The number of hydrogen-bond donors (Lipinski definition) is 1. The van der Waals surface area contributed by atoms with E-state index in [1.807, 2.05) is 12.1 Å². The predicted molar refractivity (Wildman–Crippen MR) is 86.0 cm³/mol. The van der Waals surface area contributed by atoms with Crippen molar-refractivity contribution in [3.63, 3.8) is 0 Å². The van der Waals surface area contributed by atoms with Gasteiger partial charge in [0.15, 0.2) is 0 Å². The standard InChI is InChI=1S/C18H25NO2/c1-14-5-3-4-6-17(14)19(2)13-16-9-7-15(8-10-16)11-12-18(20)21/h7-12,14,17H,3-6,13H2,1-2H3,(H,20,21). The van der Waals surface area contributed by atoms with Crippen molar-refractivity contribution in [3.8, 4) is 0 Å². The Bertz CT molecular complexity index is 492. The summed E-state index contributed by atoms with van der Waals surface area (Å²) in [7, 11) is 2.21. The van der Waals surface area contributed by atoms with E-state index >= 15 is 0 Å². The first-order chi connectivity index (χ1) is 10.1. The number of benzene rings is 1. The van der Waals surface area contributed by atoms with E-state index in [1.165, 1.54) is 37.3 Å². The van der Waals surface area contributed by atoms with Crippen molar-refractivity contribution in [2.24, 2.45) is 5.92 Å². The van der Waals surface area contributed by atoms with E-state index in [2.05, 4.69) is 31.0 Å². The molecule has 0 spiro atoms. The number of hydrogen-bond acceptors (Lipinski definition) is 2. The second kappa shape index (κ2) is 7.41. The van der Waals surface area contributed by atoms with Crippen molar-refractivity contribution in [1.82, 2.24) is 4.90 Å². The number of rotatable bonds is 5. The van der Waals surface area contributed by atoms with Gasteiger partial charge in [-0.1, -0.05) is 44.0 Å². The molecule has 0 aromatic heterocycles. The van der Waals surface area contributed by atoms with E-state index in [0.29, 0.717) is 6.04 Å². The molecule has 2 rings (SSSR count). The minimum Gasteiger partial charge on any atom is -0.478 e. The Kier molecular flexibility index (Phi) is 5.57. The van der Waals surface area contributed by atoms with Gasteiger partial charge in [0.25, 0.3) is 0 Å². The molecule has 1 aliphatic carbocycles. The molecule has 3 heteroatoms. The maximum atomic E-state index is 10.5. The van der Waals surface area contributed by atoms with Crippen molar-refractivity contribution in [2.45, 2.75) is 45.2 Å². The maximum absolute atomic E-state index is 10.5. The molecule has 2 unspecified atom stereocenters. The zero-order valence-corrected chi connectivity index (χ0v) is 13.0. The lowest BCUT2D eigenvalue weighted by atomic mass is 9.85. The van der Waals surface area contributed by atoms with Crippen LogP contribution in [-0.2, 0) is 11.3 Å². The fourth-order valence-electron chi connectivity index (χ4n) is 3.26. The number of aliphatic carboxylic acids is 1. The lowest BCUT2D eigenvalue weighted by Crippen LogP contribution is -2.38. The van der Waals surface area contributed by atoms with E-state index in [0.717, 1.165) is 18.0 Å². The normalized spacial score (nSPS) is 22.8. The Labute approximate surface area is 127 Å². The molecule has 21 heavy (non-hydrogen) atoms. The molecule has 3 nitrogen and oxygen atoms in total. The summed E-state index contributed by atoms with van der Waals surface area (Å²) in [5, 5.41) is 8.62. The van der Waals surface area contributed by atoms with E-state index in [1.54, 1.807) is 6.08 Å². The van der Waals surface area contributed by atoms with Gasteiger partial charge in [0.1, 0.15) is 0 Å². The quantitative estimate of drug-likeness (QED) is 0.838. The summed E-state index contributed by atoms with van der Waals surface area (Å²) in [6.45, 7) is 3.32. The largest absolute Gasteiger partial charge is 0.478 e.